The molecule has 1 amide bonds. The molecule has 1 aromatic rings. The van der Waals surface area contributed by atoms with E-state index in [-0.39, 0.29) is 11.5 Å². The molecule has 0 aromatic carbocycles. The molecule has 4 bridgehead atoms. The topological polar surface area (TPSA) is 45.6 Å². The monoisotopic (exact) mass is 369 g/mol. The van der Waals surface area contributed by atoms with Crippen LogP contribution in [0.2, 0.25) is 0 Å². The zero-order chi connectivity index (χ0) is 18.6. The highest BCUT2D eigenvalue weighted by molar-refractivity contribution is 5.94. The number of hydrogen-bond acceptors (Lipinski definition) is 3. The highest BCUT2D eigenvalue weighted by Gasteiger charge is 2.53. The maximum Gasteiger partial charge on any atom is 0.254 e. The van der Waals surface area contributed by atoms with Crippen LogP contribution in [-0.2, 0) is 6.54 Å². The third-order valence-corrected chi connectivity index (χ3v) is 7.83. The summed E-state index contributed by atoms with van der Waals surface area (Å²) in [6.07, 6.45) is 10.3. The lowest BCUT2D eigenvalue weighted by molar-refractivity contribution is -0.0987. The number of hydrogen-bond donors (Lipinski definition) is 0. The highest BCUT2D eigenvalue weighted by atomic mass is 16.2. The van der Waals surface area contributed by atoms with E-state index in [2.05, 4.69) is 4.90 Å². The minimum absolute atomic E-state index is 0.0144. The second-order valence-corrected chi connectivity index (χ2v) is 9.46. The number of pyridine rings is 1. The Kier molecular flexibility index (Phi) is 4.19. The number of aromatic nitrogens is 1. The number of nitrogens with zero attached hydrogens (tertiary/aromatic N) is 3. The summed E-state index contributed by atoms with van der Waals surface area (Å²) in [5, 5.41) is 0. The van der Waals surface area contributed by atoms with Crippen molar-refractivity contribution in [2.45, 2.75) is 57.5 Å². The minimum atomic E-state index is -0.0875. The molecule has 6 rings (SSSR count). The lowest BCUT2D eigenvalue weighted by Gasteiger charge is -2.61. The molecule has 5 aliphatic rings. The molecule has 0 spiro atoms. The van der Waals surface area contributed by atoms with Crippen molar-refractivity contribution >= 4 is 5.91 Å². The molecular formula is C22H31N3O2. The predicted molar refractivity (Wildman–Crippen MR) is 105 cm³/mol. The molecule has 1 aliphatic heterocycles. The van der Waals surface area contributed by atoms with Gasteiger partial charge in [0.15, 0.2) is 0 Å². The fourth-order valence-corrected chi connectivity index (χ4v) is 6.92. The Bertz CT molecular complexity index is 756. The molecule has 0 atom stereocenters. The first-order valence-electron chi connectivity index (χ1n) is 10.8. The van der Waals surface area contributed by atoms with Crippen LogP contribution in [0.1, 0.15) is 55.8 Å². The smallest absolute Gasteiger partial charge is 0.254 e. The van der Waals surface area contributed by atoms with Gasteiger partial charge in [-0.2, -0.15) is 0 Å². The summed E-state index contributed by atoms with van der Waals surface area (Å²) in [5.41, 5.74) is 0.884. The second-order valence-electron chi connectivity index (χ2n) is 9.46. The van der Waals surface area contributed by atoms with Crippen LogP contribution in [0.5, 0.6) is 0 Å². The van der Waals surface area contributed by atoms with Gasteiger partial charge in [-0.3, -0.25) is 14.5 Å². The van der Waals surface area contributed by atoms with Crippen molar-refractivity contribution in [2.75, 3.05) is 26.2 Å². The van der Waals surface area contributed by atoms with Crippen LogP contribution >= 0.6 is 0 Å². The number of rotatable bonds is 3. The summed E-state index contributed by atoms with van der Waals surface area (Å²) in [7, 11) is 0. The number of carbonyl (C=O) groups is 1. The SMILES string of the molecule is CCn1ccc(C(=O)N2CCN(C34CC5CC(CC(C5)C3)C4)CC2)cc1=O. The fourth-order valence-electron chi connectivity index (χ4n) is 6.92. The van der Waals surface area contributed by atoms with E-state index >= 15 is 0 Å². The maximum absolute atomic E-state index is 12.9. The standard InChI is InChI=1S/C22H31N3O2/c1-2-23-4-3-19(12-20(23)26)21(27)24-5-7-25(8-6-24)22-13-16-9-17(14-22)11-18(10-16)15-22/h3-4,12,16-18H,2,5-11,13-15H2,1H3. The van der Waals surface area contributed by atoms with Crippen molar-refractivity contribution in [3.8, 4) is 0 Å². The van der Waals surface area contributed by atoms with Gasteiger partial charge in [0.05, 0.1) is 0 Å². The van der Waals surface area contributed by atoms with Gasteiger partial charge in [-0.05, 0) is 69.3 Å². The summed E-state index contributed by atoms with van der Waals surface area (Å²) in [4.78, 5) is 29.6. The van der Waals surface area contributed by atoms with Gasteiger partial charge >= 0.3 is 0 Å². The molecule has 146 valence electrons. The predicted octanol–water partition coefficient (Wildman–Crippen LogP) is 2.59. The lowest BCUT2D eigenvalue weighted by Crippen LogP contribution is -2.64. The molecular weight excluding hydrogens is 338 g/mol. The lowest BCUT2D eigenvalue weighted by atomic mass is 9.52. The van der Waals surface area contributed by atoms with Crippen LogP contribution in [0.15, 0.2) is 23.1 Å². The summed E-state index contributed by atoms with van der Waals surface area (Å²) >= 11 is 0. The Balaban J connectivity index is 1.26. The summed E-state index contributed by atoms with van der Waals surface area (Å²) < 4.78 is 1.63. The van der Waals surface area contributed by atoms with Crippen molar-refractivity contribution in [1.82, 2.24) is 14.4 Å². The third kappa shape index (κ3) is 2.95. The van der Waals surface area contributed by atoms with E-state index in [1.54, 1.807) is 16.8 Å². The van der Waals surface area contributed by atoms with E-state index in [1.165, 1.54) is 44.6 Å². The van der Waals surface area contributed by atoms with Gasteiger partial charge in [-0.15, -0.1) is 0 Å². The molecule has 0 N–H and O–H groups in total. The van der Waals surface area contributed by atoms with Gasteiger partial charge < -0.3 is 9.47 Å². The van der Waals surface area contributed by atoms with E-state index in [9.17, 15) is 9.59 Å². The number of aryl methyl sites for hydroxylation is 1. The van der Waals surface area contributed by atoms with Crippen LogP contribution in [0.4, 0.5) is 0 Å². The van der Waals surface area contributed by atoms with Crippen LogP contribution in [-0.4, -0.2) is 52.0 Å². The number of amides is 1. The Morgan fingerprint density at radius 2 is 1.63 bits per heavy atom. The van der Waals surface area contributed by atoms with E-state index in [0.29, 0.717) is 17.6 Å². The first kappa shape index (κ1) is 17.5. The average molecular weight is 370 g/mol. The molecule has 4 saturated carbocycles. The maximum atomic E-state index is 12.9. The van der Waals surface area contributed by atoms with Crippen LogP contribution in [0.3, 0.4) is 0 Å². The molecule has 4 aliphatic carbocycles. The summed E-state index contributed by atoms with van der Waals surface area (Å²) in [5.74, 6) is 2.89. The van der Waals surface area contributed by atoms with Crippen LogP contribution in [0, 0.1) is 17.8 Å². The largest absolute Gasteiger partial charge is 0.336 e. The van der Waals surface area contributed by atoms with Gasteiger partial charge in [0, 0.05) is 56.1 Å². The number of carbonyl (C=O) groups excluding carboxylic acids is 1. The Hall–Kier alpha value is -1.62. The quantitative estimate of drug-likeness (QED) is 0.823. The average Bonchev–Trinajstić information content (AvgIpc) is 2.66. The summed E-state index contributed by atoms with van der Waals surface area (Å²) in [6, 6.07) is 3.29. The zero-order valence-electron chi connectivity index (χ0n) is 16.4. The summed E-state index contributed by atoms with van der Waals surface area (Å²) in [6.45, 7) is 6.13. The van der Waals surface area contributed by atoms with Gasteiger partial charge in [-0.25, -0.2) is 0 Å². The van der Waals surface area contributed by atoms with Gasteiger partial charge in [-0.1, -0.05) is 0 Å². The molecule has 1 saturated heterocycles. The second kappa shape index (κ2) is 6.47. The molecule has 5 nitrogen and oxygen atoms in total. The molecule has 0 unspecified atom stereocenters. The molecule has 5 heteroatoms. The highest BCUT2D eigenvalue weighted by Crippen LogP contribution is 2.57. The van der Waals surface area contributed by atoms with Crippen molar-refractivity contribution in [3.05, 3.63) is 34.2 Å². The van der Waals surface area contributed by atoms with Crippen molar-refractivity contribution in [2.24, 2.45) is 17.8 Å². The first-order chi connectivity index (χ1) is 13.1. The Morgan fingerprint density at radius 1 is 1.04 bits per heavy atom. The fraction of sp³-hybridized carbons (Fsp3) is 0.727. The zero-order valence-corrected chi connectivity index (χ0v) is 16.4. The normalized spacial score (nSPS) is 35.6. The van der Waals surface area contributed by atoms with Gasteiger partial charge in [0.25, 0.3) is 11.5 Å². The van der Waals surface area contributed by atoms with Crippen molar-refractivity contribution in [1.29, 1.82) is 0 Å². The van der Waals surface area contributed by atoms with E-state index in [1.807, 2.05) is 11.8 Å². The third-order valence-electron chi connectivity index (χ3n) is 7.83. The van der Waals surface area contributed by atoms with Gasteiger partial charge in [0.1, 0.15) is 0 Å². The molecule has 2 heterocycles. The Morgan fingerprint density at radius 3 is 2.15 bits per heavy atom. The minimum Gasteiger partial charge on any atom is -0.336 e. The van der Waals surface area contributed by atoms with E-state index in [4.69, 9.17) is 0 Å². The Labute approximate surface area is 161 Å². The van der Waals surface area contributed by atoms with E-state index < -0.39 is 0 Å². The van der Waals surface area contributed by atoms with E-state index in [0.717, 1.165) is 43.9 Å². The van der Waals surface area contributed by atoms with Crippen LogP contribution < -0.4 is 5.56 Å². The molecule has 5 fully saturated rings. The molecule has 0 radical (unpaired) electrons. The number of piperazine rings is 1. The molecule has 1 aromatic heterocycles. The van der Waals surface area contributed by atoms with Crippen molar-refractivity contribution < 1.29 is 4.79 Å². The first-order valence-corrected chi connectivity index (χ1v) is 10.8. The van der Waals surface area contributed by atoms with Gasteiger partial charge in [0.2, 0.25) is 0 Å². The van der Waals surface area contributed by atoms with Crippen molar-refractivity contribution in [3.63, 3.8) is 0 Å². The van der Waals surface area contributed by atoms with Crippen LogP contribution in [0.25, 0.3) is 0 Å². The molecule has 27 heavy (non-hydrogen) atoms.